The van der Waals surface area contributed by atoms with Crippen LogP contribution >= 0.6 is 0 Å². The first-order valence-electron chi connectivity index (χ1n) is 5.05. The van der Waals surface area contributed by atoms with Crippen LogP contribution < -0.4 is 5.32 Å². The smallest absolute Gasteiger partial charge is 0.225 e. The summed E-state index contributed by atoms with van der Waals surface area (Å²) >= 11 is 0. The number of hydrogen-bond donors (Lipinski definition) is 1. The average molecular weight is 201 g/mol. The van der Waals surface area contributed by atoms with Gasteiger partial charge in [-0.2, -0.15) is 0 Å². The van der Waals surface area contributed by atoms with Gasteiger partial charge in [-0.1, -0.05) is 13.8 Å². The fourth-order valence-electron chi connectivity index (χ4n) is 1.06. The summed E-state index contributed by atoms with van der Waals surface area (Å²) in [6.07, 6.45) is 0.740. The second-order valence-electron chi connectivity index (χ2n) is 5.17. The molecule has 0 rings (SSSR count). The molecule has 0 bridgehead atoms. The quantitative estimate of drug-likeness (QED) is 0.755. The molecule has 3 nitrogen and oxygen atoms in total. The molecule has 1 N–H and O–H groups in total. The van der Waals surface area contributed by atoms with Crippen molar-refractivity contribution >= 4 is 5.91 Å². The van der Waals surface area contributed by atoms with Crippen molar-refractivity contribution in [2.75, 3.05) is 13.7 Å². The van der Waals surface area contributed by atoms with Gasteiger partial charge >= 0.3 is 0 Å². The van der Waals surface area contributed by atoms with E-state index in [9.17, 15) is 4.79 Å². The Labute approximate surface area is 87.2 Å². The first-order valence-corrected chi connectivity index (χ1v) is 5.05. The molecule has 1 amide bonds. The maximum absolute atomic E-state index is 11.4. The first kappa shape index (κ1) is 13.4. The lowest BCUT2D eigenvalue weighted by Gasteiger charge is -2.25. The van der Waals surface area contributed by atoms with E-state index in [2.05, 4.69) is 5.32 Å². The normalized spacial score (nSPS) is 12.7. The minimum absolute atomic E-state index is 0.0648. The molecule has 14 heavy (non-hydrogen) atoms. The summed E-state index contributed by atoms with van der Waals surface area (Å²) in [5, 5.41) is 2.66. The lowest BCUT2D eigenvalue weighted by molar-refractivity contribution is -0.130. The Morgan fingerprint density at radius 2 is 1.71 bits per heavy atom. The van der Waals surface area contributed by atoms with Crippen LogP contribution in [0.25, 0.3) is 0 Å². The van der Waals surface area contributed by atoms with Gasteiger partial charge in [0.2, 0.25) is 5.91 Å². The zero-order valence-electron chi connectivity index (χ0n) is 10.2. The Balaban J connectivity index is 3.94. The maximum atomic E-state index is 11.4. The number of ether oxygens (including phenoxy) is 1. The van der Waals surface area contributed by atoms with Gasteiger partial charge in [0.25, 0.3) is 0 Å². The van der Waals surface area contributed by atoms with Crippen molar-refractivity contribution in [2.24, 2.45) is 5.41 Å². The Bertz CT molecular complexity index is 192. The van der Waals surface area contributed by atoms with Crippen molar-refractivity contribution in [2.45, 2.75) is 46.6 Å². The van der Waals surface area contributed by atoms with Gasteiger partial charge in [0.15, 0.2) is 0 Å². The summed E-state index contributed by atoms with van der Waals surface area (Å²) in [5.74, 6) is 0.0648. The Hall–Kier alpha value is -0.570. The molecule has 0 aliphatic rings. The van der Waals surface area contributed by atoms with Crippen molar-refractivity contribution in [1.82, 2.24) is 5.32 Å². The van der Waals surface area contributed by atoms with E-state index in [4.69, 9.17) is 4.74 Å². The number of amides is 1. The summed E-state index contributed by atoms with van der Waals surface area (Å²) in [7, 11) is 1.66. The van der Waals surface area contributed by atoms with Gasteiger partial charge in [-0.3, -0.25) is 4.79 Å². The summed E-state index contributed by atoms with van der Waals surface area (Å²) in [4.78, 5) is 11.4. The number of rotatable bonds is 4. The predicted octanol–water partition coefficient (Wildman–Crippen LogP) is 1.96. The van der Waals surface area contributed by atoms with Crippen molar-refractivity contribution in [1.29, 1.82) is 0 Å². The molecule has 0 aliphatic heterocycles. The van der Waals surface area contributed by atoms with Gasteiger partial charge in [-0.05, 0) is 27.2 Å². The van der Waals surface area contributed by atoms with Crippen LogP contribution in [0, 0.1) is 5.41 Å². The van der Waals surface area contributed by atoms with E-state index in [1.807, 2.05) is 34.6 Å². The molecule has 0 atom stereocenters. The molecule has 0 fully saturated rings. The van der Waals surface area contributed by atoms with E-state index in [-0.39, 0.29) is 16.9 Å². The van der Waals surface area contributed by atoms with Gasteiger partial charge in [0.1, 0.15) is 0 Å². The Morgan fingerprint density at radius 3 is 2.07 bits per heavy atom. The second-order valence-corrected chi connectivity index (χ2v) is 5.17. The fraction of sp³-hybridized carbons (Fsp3) is 0.909. The van der Waals surface area contributed by atoms with Gasteiger partial charge < -0.3 is 10.1 Å². The van der Waals surface area contributed by atoms with Crippen LogP contribution in [-0.2, 0) is 9.53 Å². The highest BCUT2D eigenvalue weighted by Crippen LogP contribution is 2.21. The van der Waals surface area contributed by atoms with Crippen LogP contribution in [0.4, 0.5) is 0 Å². The largest absolute Gasteiger partial charge is 0.376 e. The second kappa shape index (κ2) is 4.78. The van der Waals surface area contributed by atoms with E-state index < -0.39 is 0 Å². The van der Waals surface area contributed by atoms with Gasteiger partial charge in [0, 0.05) is 19.1 Å². The highest BCUT2D eigenvalue weighted by atomic mass is 16.5. The zero-order valence-corrected chi connectivity index (χ0v) is 10.2. The van der Waals surface area contributed by atoms with Crippen LogP contribution in [0.5, 0.6) is 0 Å². The van der Waals surface area contributed by atoms with Gasteiger partial charge in [-0.15, -0.1) is 0 Å². The van der Waals surface area contributed by atoms with E-state index in [0.717, 1.165) is 6.42 Å². The topological polar surface area (TPSA) is 38.3 Å². The number of nitrogens with one attached hydrogen (secondary N) is 1. The fourth-order valence-corrected chi connectivity index (χ4v) is 1.06. The predicted molar refractivity (Wildman–Crippen MR) is 58.2 cm³/mol. The molecule has 3 heteroatoms. The van der Waals surface area contributed by atoms with Gasteiger partial charge in [0.05, 0.1) is 5.60 Å². The zero-order chi connectivity index (χ0) is 11.4. The highest BCUT2D eigenvalue weighted by Gasteiger charge is 2.26. The third kappa shape index (κ3) is 5.22. The third-order valence-corrected chi connectivity index (χ3v) is 2.10. The lowest BCUT2D eigenvalue weighted by Crippen LogP contribution is -2.36. The Morgan fingerprint density at radius 1 is 1.21 bits per heavy atom. The summed E-state index contributed by atoms with van der Waals surface area (Å²) in [5.41, 5.74) is -0.473. The van der Waals surface area contributed by atoms with E-state index >= 15 is 0 Å². The van der Waals surface area contributed by atoms with Crippen LogP contribution in [0.2, 0.25) is 0 Å². The molecule has 84 valence electrons. The van der Waals surface area contributed by atoms with E-state index in [1.54, 1.807) is 7.05 Å². The lowest BCUT2D eigenvalue weighted by atomic mass is 9.89. The van der Waals surface area contributed by atoms with Gasteiger partial charge in [-0.25, -0.2) is 0 Å². The number of hydrogen-bond acceptors (Lipinski definition) is 2. The molecule has 0 unspecified atom stereocenters. The Kier molecular flexibility index (Phi) is 4.59. The highest BCUT2D eigenvalue weighted by molar-refractivity contribution is 5.81. The molecule has 0 radical (unpaired) electrons. The minimum atomic E-state index is -0.347. The average Bonchev–Trinajstić information content (AvgIpc) is 2.00. The monoisotopic (exact) mass is 201 g/mol. The summed E-state index contributed by atoms with van der Waals surface area (Å²) in [6.45, 7) is 10.5. The van der Waals surface area contributed by atoms with Crippen molar-refractivity contribution < 1.29 is 9.53 Å². The van der Waals surface area contributed by atoms with Crippen LogP contribution in [0.1, 0.15) is 41.0 Å². The standard InChI is InChI=1S/C11H23NO2/c1-10(2,3)14-8-7-11(4,5)9(13)12-6/h7-8H2,1-6H3,(H,12,13). The molecule has 0 saturated carbocycles. The van der Waals surface area contributed by atoms with Crippen molar-refractivity contribution in [3.05, 3.63) is 0 Å². The molecule has 0 heterocycles. The number of carbonyl (C=O) groups is 1. The van der Waals surface area contributed by atoms with E-state index in [1.165, 1.54) is 0 Å². The molecule has 0 aromatic rings. The van der Waals surface area contributed by atoms with Crippen LogP contribution in [-0.4, -0.2) is 25.2 Å². The van der Waals surface area contributed by atoms with Crippen LogP contribution in [0.3, 0.4) is 0 Å². The first-order chi connectivity index (χ1) is 6.19. The molecule has 0 aromatic carbocycles. The minimum Gasteiger partial charge on any atom is -0.376 e. The maximum Gasteiger partial charge on any atom is 0.225 e. The number of carbonyl (C=O) groups excluding carboxylic acids is 1. The SMILES string of the molecule is CNC(=O)C(C)(C)CCOC(C)(C)C. The summed E-state index contributed by atoms with van der Waals surface area (Å²) in [6, 6.07) is 0. The third-order valence-electron chi connectivity index (χ3n) is 2.10. The molecule has 0 aliphatic carbocycles. The molecular formula is C11H23NO2. The summed E-state index contributed by atoms with van der Waals surface area (Å²) < 4.78 is 5.58. The van der Waals surface area contributed by atoms with Crippen molar-refractivity contribution in [3.63, 3.8) is 0 Å². The molecule has 0 aromatic heterocycles. The molecule has 0 saturated heterocycles. The molecule has 0 spiro atoms. The van der Waals surface area contributed by atoms with Crippen molar-refractivity contribution in [3.8, 4) is 0 Å². The molecular weight excluding hydrogens is 178 g/mol. The van der Waals surface area contributed by atoms with E-state index in [0.29, 0.717) is 6.61 Å². The van der Waals surface area contributed by atoms with Crippen LogP contribution in [0.15, 0.2) is 0 Å².